The van der Waals surface area contributed by atoms with Crippen LogP contribution in [0.15, 0.2) is 133 Å². The van der Waals surface area contributed by atoms with Crippen LogP contribution in [0, 0.1) is 0 Å². The summed E-state index contributed by atoms with van der Waals surface area (Å²) in [5.74, 6) is 1.99. The van der Waals surface area contributed by atoms with Crippen LogP contribution in [0.3, 0.4) is 0 Å². The van der Waals surface area contributed by atoms with Crippen molar-refractivity contribution < 1.29 is 0 Å². The van der Waals surface area contributed by atoms with E-state index in [1.165, 1.54) is 43.4 Å². The Bertz CT molecular complexity index is 2350. The third kappa shape index (κ3) is 3.25. The molecule has 0 aliphatic rings. The number of nitrogens with zero attached hydrogens (tertiary/aromatic N) is 4. The Morgan fingerprint density at radius 2 is 0.976 bits per heavy atom. The third-order valence-corrected chi connectivity index (χ3v) is 8.16. The van der Waals surface area contributed by atoms with Gasteiger partial charge in [0.25, 0.3) is 0 Å². The molecule has 9 rings (SSSR count). The lowest BCUT2D eigenvalue weighted by atomic mass is 9.99. The molecule has 6 aromatic carbocycles. The van der Waals surface area contributed by atoms with Crippen LogP contribution in [0.1, 0.15) is 0 Å². The van der Waals surface area contributed by atoms with Crippen LogP contribution in [0.2, 0.25) is 0 Å². The summed E-state index contributed by atoms with van der Waals surface area (Å²) in [7, 11) is 0. The zero-order valence-electron chi connectivity index (χ0n) is 22.0. The Kier molecular flexibility index (Phi) is 4.58. The van der Waals surface area contributed by atoms with Crippen LogP contribution in [-0.2, 0) is 0 Å². The normalized spacial score (nSPS) is 11.9. The summed E-state index contributed by atoms with van der Waals surface area (Å²) in [5.41, 5.74) is 6.49. The van der Waals surface area contributed by atoms with Crippen molar-refractivity contribution in [2.45, 2.75) is 0 Å². The molecule has 0 N–H and O–H groups in total. The zero-order chi connectivity index (χ0) is 26.9. The molecule has 41 heavy (non-hydrogen) atoms. The highest BCUT2D eigenvalue weighted by molar-refractivity contribution is 6.28. The van der Waals surface area contributed by atoms with Crippen LogP contribution in [0.4, 0.5) is 0 Å². The van der Waals surface area contributed by atoms with Gasteiger partial charge in [-0.15, -0.1) is 0 Å². The smallest absolute Gasteiger partial charge is 0.164 e. The molecule has 0 bridgehead atoms. The van der Waals surface area contributed by atoms with E-state index in [1.54, 1.807) is 0 Å². The highest BCUT2D eigenvalue weighted by Crippen LogP contribution is 2.41. The van der Waals surface area contributed by atoms with Crippen LogP contribution in [0.25, 0.3) is 83.0 Å². The Balaban J connectivity index is 1.37. The van der Waals surface area contributed by atoms with Gasteiger partial charge in [-0.25, -0.2) is 15.0 Å². The van der Waals surface area contributed by atoms with E-state index in [4.69, 9.17) is 15.0 Å². The van der Waals surface area contributed by atoms with E-state index in [9.17, 15) is 0 Å². The van der Waals surface area contributed by atoms with Gasteiger partial charge in [-0.3, -0.25) is 0 Å². The molecule has 4 heteroatoms. The second kappa shape index (κ2) is 8.44. The highest BCUT2D eigenvalue weighted by atomic mass is 15.0. The van der Waals surface area contributed by atoms with Gasteiger partial charge in [0.15, 0.2) is 17.5 Å². The van der Waals surface area contributed by atoms with Crippen molar-refractivity contribution in [3.63, 3.8) is 0 Å². The summed E-state index contributed by atoms with van der Waals surface area (Å²) in [6.07, 6.45) is 0. The fraction of sp³-hybridized carbons (Fsp3) is 0. The lowest BCUT2D eigenvalue weighted by Crippen LogP contribution is -2.00. The molecule has 0 aliphatic heterocycles. The number of hydrogen-bond acceptors (Lipinski definition) is 3. The number of pyridine rings is 1. The molecule has 0 radical (unpaired) electrons. The topological polar surface area (TPSA) is 43.1 Å². The average Bonchev–Trinajstić information content (AvgIpc) is 3.39. The SMILES string of the molecule is c1ccc(-c2nc(-c3ccccc3)nc(-c3ccc4c5ccc6cccc7c8ccccc8n(c4c3)c5c67)n2)cc1. The average molecular weight is 523 g/mol. The maximum Gasteiger partial charge on any atom is 0.164 e. The van der Waals surface area contributed by atoms with E-state index in [-0.39, 0.29) is 0 Å². The summed E-state index contributed by atoms with van der Waals surface area (Å²) in [6.45, 7) is 0. The number of para-hydroxylation sites is 1. The highest BCUT2D eigenvalue weighted by Gasteiger charge is 2.19. The molecule has 0 saturated carbocycles. The van der Waals surface area contributed by atoms with Crippen molar-refractivity contribution in [2.24, 2.45) is 0 Å². The van der Waals surface area contributed by atoms with E-state index < -0.39 is 0 Å². The largest absolute Gasteiger partial charge is 0.308 e. The quantitative estimate of drug-likeness (QED) is 0.172. The molecular formula is C37H22N4. The van der Waals surface area contributed by atoms with Gasteiger partial charge < -0.3 is 4.40 Å². The van der Waals surface area contributed by atoms with Crippen LogP contribution >= 0.6 is 0 Å². The molecule has 190 valence electrons. The minimum absolute atomic E-state index is 0.660. The number of hydrogen-bond donors (Lipinski definition) is 0. The first-order valence-electron chi connectivity index (χ1n) is 13.8. The van der Waals surface area contributed by atoms with Gasteiger partial charge in [-0.2, -0.15) is 0 Å². The molecule has 0 spiro atoms. The van der Waals surface area contributed by atoms with Gasteiger partial charge >= 0.3 is 0 Å². The Labute approximate surface area is 235 Å². The maximum absolute atomic E-state index is 4.99. The summed E-state index contributed by atoms with van der Waals surface area (Å²) in [4.78, 5) is 14.9. The number of aromatic nitrogens is 4. The van der Waals surface area contributed by atoms with Gasteiger partial charge in [0.05, 0.1) is 16.6 Å². The second-order valence-corrected chi connectivity index (χ2v) is 10.5. The first kappa shape index (κ1) is 22.2. The van der Waals surface area contributed by atoms with Crippen LogP contribution < -0.4 is 0 Å². The molecule has 9 aromatic rings. The number of fused-ring (bicyclic) bond motifs is 6. The predicted molar refractivity (Wildman–Crippen MR) is 168 cm³/mol. The Morgan fingerprint density at radius 3 is 1.71 bits per heavy atom. The lowest BCUT2D eigenvalue weighted by molar-refractivity contribution is 1.07. The van der Waals surface area contributed by atoms with Crippen molar-refractivity contribution in [2.75, 3.05) is 0 Å². The van der Waals surface area contributed by atoms with E-state index in [0.29, 0.717) is 17.5 Å². The van der Waals surface area contributed by atoms with Crippen LogP contribution in [-0.4, -0.2) is 19.4 Å². The van der Waals surface area contributed by atoms with E-state index in [1.807, 2.05) is 60.7 Å². The van der Waals surface area contributed by atoms with E-state index in [0.717, 1.165) is 22.2 Å². The standard InChI is InChI=1S/C37H22N4/c1-3-10-24(11-4-1)35-38-36(25-12-5-2-6-13-25)40-37(39-35)26-19-20-28-30-21-18-23-14-9-16-29-27-15-7-8-17-31(27)41(32(28)22-26)34(30)33(23)29/h1-22H. The number of rotatable bonds is 3. The third-order valence-electron chi connectivity index (χ3n) is 8.16. The summed E-state index contributed by atoms with van der Waals surface area (Å²) < 4.78 is 2.43. The minimum atomic E-state index is 0.660. The monoisotopic (exact) mass is 522 g/mol. The maximum atomic E-state index is 4.99. The van der Waals surface area contributed by atoms with Crippen molar-refractivity contribution in [1.82, 2.24) is 19.4 Å². The van der Waals surface area contributed by atoms with E-state index in [2.05, 4.69) is 77.2 Å². The molecule has 3 heterocycles. The minimum Gasteiger partial charge on any atom is -0.308 e. The zero-order valence-corrected chi connectivity index (χ0v) is 22.0. The second-order valence-electron chi connectivity index (χ2n) is 10.5. The summed E-state index contributed by atoms with van der Waals surface area (Å²) >= 11 is 0. The van der Waals surface area contributed by atoms with Crippen molar-refractivity contribution in [3.05, 3.63) is 133 Å². The van der Waals surface area contributed by atoms with Crippen molar-refractivity contribution in [3.8, 4) is 34.2 Å². The molecule has 0 unspecified atom stereocenters. The fourth-order valence-corrected chi connectivity index (χ4v) is 6.32. The predicted octanol–water partition coefficient (Wildman–Crippen LogP) is 9.18. The van der Waals surface area contributed by atoms with Gasteiger partial charge in [0.2, 0.25) is 0 Å². The van der Waals surface area contributed by atoms with Crippen LogP contribution in [0.5, 0.6) is 0 Å². The molecule has 0 atom stereocenters. The Hall–Kier alpha value is -5.61. The number of benzene rings is 6. The Morgan fingerprint density at radius 1 is 0.390 bits per heavy atom. The molecule has 0 amide bonds. The first-order valence-corrected chi connectivity index (χ1v) is 13.8. The van der Waals surface area contributed by atoms with Crippen molar-refractivity contribution >= 4 is 48.9 Å². The van der Waals surface area contributed by atoms with Gasteiger partial charge in [0, 0.05) is 38.2 Å². The summed E-state index contributed by atoms with van der Waals surface area (Å²) in [6, 6.07) is 46.7. The fourth-order valence-electron chi connectivity index (χ4n) is 6.32. The first-order chi connectivity index (χ1) is 20.3. The molecule has 3 aromatic heterocycles. The van der Waals surface area contributed by atoms with E-state index >= 15 is 0 Å². The van der Waals surface area contributed by atoms with Crippen molar-refractivity contribution in [1.29, 1.82) is 0 Å². The molecule has 0 saturated heterocycles. The molecule has 4 nitrogen and oxygen atoms in total. The summed E-state index contributed by atoms with van der Waals surface area (Å²) in [5, 5.41) is 7.57. The molecule has 0 aliphatic carbocycles. The molecular weight excluding hydrogens is 500 g/mol. The lowest BCUT2D eigenvalue weighted by Gasteiger charge is -2.12. The van der Waals surface area contributed by atoms with Gasteiger partial charge in [-0.1, -0.05) is 121 Å². The van der Waals surface area contributed by atoms with Gasteiger partial charge in [0.1, 0.15) is 0 Å². The molecule has 0 fully saturated rings. The van der Waals surface area contributed by atoms with Gasteiger partial charge in [-0.05, 0) is 22.9 Å².